The fraction of sp³-hybridized carbons (Fsp3) is 0.429. The maximum atomic E-state index is 6.52. The predicted molar refractivity (Wildman–Crippen MR) is 118 cm³/mol. The number of nitrogens with zero attached hydrogens (tertiary/aromatic N) is 1. The number of rotatable bonds is 8. The highest BCUT2D eigenvalue weighted by atomic mass is 79.9. The van der Waals surface area contributed by atoms with Gasteiger partial charge >= 0.3 is 0 Å². The summed E-state index contributed by atoms with van der Waals surface area (Å²) in [5.74, 6) is 1.48. The van der Waals surface area contributed by atoms with Gasteiger partial charge in [-0.1, -0.05) is 34.5 Å². The number of hydrogen-bond acceptors (Lipinski definition) is 5. The highest BCUT2D eigenvalue weighted by Gasteiger charge is 2.15. The van der Waals surface area contributed by atoms with Gasteiger partial charge in [0.25, 0.3) is 0 Å². The van der Waals surface area contributed by atoms with E-state index in [1.807, 2.05) is 18.2 Å². The van der Waals surface area contributed by atoms with Gasteiger partial charge in [-0.3, -0.25) is 0 Å². The number of benzene rings is 2. The summed E-state index contributed by atoms with van der Waals surface area (Å²) in [6, 6.07) is 10.0. The van der Waals surface area contributed by atoms with Crippen LogP contribution >= 0.6 is 27.5 Å². The molecule has 0 radical (unpaired) electrons. The summed E-state index contributed by atoms with van der Waals surface area (Å²) in [5, 5.41) is 4.18. The van der Waals surface area contributed by atoms with Gasteiger partial charge in [0.15, 0.2) is 11.5 Å². The standard InChI is InChI=1S/C21H26BrClN2O3/c1-3-8-28-21-13-17(22)15(11-20(21)26-2)14-24-16-4-5-19(18(23)12-16)25-6-9-27-10-7-25/h4-5,11-13,24H,3,6-10,14H2,1-2H3. The molecule has 0 unspecified atom stereocenters. The Kier molecular flexibility index (Phi) is 7.71. The molecule has 0 atom stereocenters. The normalized spacial score (nSPS) is 14.1. The van der Waals surface area contributed by atoms with Crippen LogP contribution in [0, 0.1) is 0 Å². The minimum Gasteiger partial charge on any atom is -0.493 e. The van der Waals surface area contributed by atoms with Crippen molar-refractivity contribution in [2.45, 2.75) is 19.9 Å². The number of methoxy groups -OCH3 is 1. The molecular formula is C21H26BrClN2O3. The molecule has 1 saturated heterocycles. The molecule has 1 N–H and O–H groups in total. The number of halogens is 2. The Morgan fingerprint density at radius 2 is 1.96 bits per heavy atom. The van der Waals surface area contributed by atoms with E-state index in [4.69, 9.17) is 25.8 Å². The van der Waals surface area contributed by atoms with Crippen molar-refractivity contribution in [3.8, 4) is 11.5 Å². The van der Waals surface area contributed by atoms with E-state index in [0.717, 1.165) is 70.7 Å². The van der Waals surface area contributed by atoms with E-state index in [1.54, 1.807) is 7.11 Å². The van der Waals surface area contributed by atoms with Gasteiger partial charge < -0.3 is 24.4 Å². The van der Waals surface area contributed by atoms with Gasteiger partial charge in [0.1, 0.15) is 0 Å². The topological polar surface area (TPSA) is 43.0 Å². The van der Waals surface area contributed by atoms with Gasteiger partial charge in [0.2, 0.25) is 0 Å². The first kappa shape index (κ1) is 21.1. The first-order valence-corrected chi connectivity index (χ1v) is 10.6. The van der Waals surface area contributed by atoms with Crippen LogP contribution in [0.2, 0.25) is 5.02 Å². The lowest BCUT2D eigenvalue weighted by atomic mass is 10.2. The number of anilines is 2. The second-order valence-corrected chi connectivity index (χ2v) is 7.82. The molecule has 0 bridgehead atoms. The molecule has 28 heavy (non-hydrogen) atoms. The molecule has 0 aromatic heterocycles. The van der Waals surface area contributed by atoms with Crippen molar-refractivity contribution < 1.29 is 14.2 Å². The SMILES string of the molecule is CCCOc1cc(Br)c(CNc2ccc(N3CCOCC3)c(Cl)c2)cc1OC. The quantitative estimate of drug-likeness (QED) is 0.564. The summed E-state index contributed by atoms with van der Waals surface area (Å²) in [6.07, 6.45) is 0.950. The largest absolute Gasteiger partial charge is 0.493 e. The Balaban J connectivity index is 1.68. The second-order valence-electron chi connectivity index (χ2n) is 6.56. The molecule has 5 nitrogen and oxygen atoms in total. The Hall–Kier alpha value is -1.63. The summed E-state index contributed by atoms with van der Waals surface area (Å²) in [7, 11) is 1.66. The van der Waals surface area contributed by atoms with Crippen molar-refractivity contribution in [3.05, 3.63) is 45.4 Å². The van der Waals surface area contributed by atoms with Gasteiger partial charge in [0, 0.05) is 29.8 Å². The lowest BCUT2D eigenvalue weighted by molar-refractivity contribution is 0.122. The average molecular weight is 470 g/mol. The monoisotopic (exact) mass is 468 g/mol. The lowest BCUT2D eigenvalue weighted by Crippen LogP contribution is -2.36. The molecule has 0 spiro atoms. The lowest BCUT2D eigenvalue weighted by Gasteiger charge is -2.29. The molecule has 1 heterocycles. The molecule has 0 aliphatic carbocycles. The molecule has 0 saturated carbocycles. The van der Waals surface area contributed by atoms with Crippen LogP contribution in [-0.2, 0) is 11.3 Å². The van der Waals surface area contributed by atoms with Gasteiger partial charge in [-0.15, -0.1) is 0 Å². The van der Waals surface area contributed by atoms with Crippen LogP contribution < -0.4 is 19.7 Å². The first-order valence-electron chi connectivity index (χ1n) is 9.47. The maximum absolute atomic E-state index is 6.52. The van der Waals surface area contributed by atoms with E-state index in [-0.39, 0.29) is 0 Å². The maximum Gasteiger partial charge on any atom is 0.162 e. The van der Waals surface area contributed by atoms with Crippen LogP contribution in [0.25, 0.3) is 0 Å². The summed E-state index contributed by atoms with van der Waals surface area (Å²) >= 11 is 10.2. The van der Waals surface area contributed by atoms with Crippen molar-refractivity contribution in [3.63, 3.8) is 0 Å². The zero-order chi connectivity index (χ0) is 19.9. The van der Waals surface area contributed by atoms with E-state index in [2.05, 4.69) is 45.2 Å². The van der Waals surface area contributed by atoms with Gasteiger partial charge in [-0.05, 0) is 42.3 Å². The molecule has 1 aliphatic heterocycles. The third kappa shape index (κ3) is 5.25. The Labute approximate surface area is 180 Å². The molecule has 2 aromatic rings. The molecular weight excluding hydrogens is 444 g/mol. The number of nitrogens with one attached hydrogen (secondary N) is 1. The predicted octanol–water partition coefficient (Wildman–Crippen LogP) is 5.35. The van der Waals surface area contributed by atoms with Crippen LogP contribution in [-0.4, -0.2) is 40.0 Å². The summed E-state index contributed by atoms with van der Waals surface area (Å²) in [4.78, 5) is 2.26. The van der Waals surface area contributed by atoms with E-state index < -0.39 is 0 Å². The van der Waals surface area contributed by atoms with Crippen molar-refractivity contribution in [2.24, 2.45) is 0 Å². The Morgan fingerprint density at radius 3 is 2.64 bits per heavy atom. The highest BCUT2D eigenvalue weighted by molar-refractivity contribution is 9.10. The average Bonchev–Trinajstić information content (AvgIpc) is 2.72. The first-order chi connectivity index (χ1) is 13.6. The fourth-order valence-corrected chi connectivity index (χ4v) is 3.83. The molecule has 3 rings (SSSR count). The van der Waals surface area contributed by atoms with E-state index in [0.29, 0.717) is 13.2 Å². The van der Waals surface area contributed by atoms with Crippen molar-refractivity contribution >= 4 is 38.9 Å². The van der Waals surface area contributed by atoms with E-state index >= 15 is 0 Å². The number of hydrogen-bond donors (Lipinski definition) is 1. The fourth-order valence-electron chi connectivity index (χ4n) is 3.07. The van der Waals surface area contributed by atoms with Crippen LogP contribution in [0.15, 0.2) is 34.8 Å². The molecule has 0 amide bonds. The van der Waals surface area contributed by atoms with Crippen molar-refractivity contribution in [1.82, 2.24) is 0 Å². The molecule has 152 valence electrons. The number of morpholine rings is 1. The van der Waals surface area contributed by atoms with Gasteiger partial charge in [-0.25, -0.2) is 0 Å². The van der Waals surface area contributed by atoms with Crippen LogP contribution in [0.4, 0.5) is 11.4 Å². The Morgan fingerprint density at radius 1 is 1.18 bits per heavy atom. The Bertz CT molecular complexity index is 797. The molecule has 7 heteroatoms. The summed E-state index contributed by atoms with van der Waals surface area (Å²) < 4.78 is 17.6. The van der Waals surface area contributed by atoms with Crippen LogP contribution in [0.1, 0.15) is 18.9 Å². The van der Waals surface area contributed by atoms with Crippen LogP contribution in [0.5, 0.6) is 11.5 Å². The smallest absolute Gasteiger partial charge is 0.162 e. The van der Waals surface area contributed by atoms with Crippen molar-refractivity contribution in [1.29, 1.82) is 0 Å². The van der Waals surface area contributed by atoms with E-state index in [9.17, 15) is 0 Å². The zero-order valence-electron chi connectivity index (χ0n) is 16.3. The minimum absolute atomic E-state index is 0.637. The number of ether oxygens (including phenoxy) is 3. The minimum atomic E-state index is 0.637. The highest BCUT2D eigenvalue weighted by Crippen LogP contribution is 2.35. The second kappa shape index (κ2) is 10.2. The third-order valence-corrected chi connectivity index (χ3v) is 5.62. The molecule has 1 fully saturated rings. The molecule has 1 aliphatic rings. The third-order valence-electron chi connectivity index (χ3n) is 4.58. The van der Waals surface area contributed by atoms with Gasteiger partial charge in [0.05, 0.1) is 37.6 Å². The van der Waals surface area contributed by atoms with Gasteiger partial charge in [-0.2, -0.15) is 0 Å². The van der Waals surface area contributed by atoms with Crippen molar-refractivity contribution in [2.75, 3.05) is 50.2 Å². The van der Waals surface area contributed by atoms with E-state index in [1.165, 1.54) is 0 Å². The van der Waals surface area contributed by atoms with Crippen LogP contribution in [0.3, 0.4) is 0 Å². The summed E-state index contributed by atoms with van der Waals surface area (Å²) in [6.45, 7) is 6.59. The summed E-state index contributed by atoms with van der Waals surface area (Å²) in [5.41, 5.74) is 3.10. The molecule has 2 aromatic carbocycles. The zero-order valence-corrected chi connectivity index (χ0v) is 18.6.